The van der Waals surface area contributed by atoms with Gasteiger partial charge in [0.15, 0.2) is 0 Å². The van der Waals surface area contributed by atoms with Crippen LogP contribution in [0.15, 0.2) is 33.9 Å². The number of hydrogen-bond acceptors (Lipinski definition) is 2. The molecule has 0 amide bonds. The third-order valence-corrected chi connectivity index (χ3v) is 3.05. The maximum absolute atomic E-state index is 10.9. The van der Waals surface area contributed by atoms with Crippen LogP contribution in [0.25, 0.3) is 0 Å². The minimum atomic E-state index is -0.297. The number of rotatable bonds is 3. The second kappa shape index (κ2) is 5.55. The minimum absolute atomic E-state index is 0.241. The Morgan fingerprint density at radius 1 is 1.62 bits per heavy atom. The molecular weight excluding hydrogens is 247 g/mol. The van der Waals surface area contributed by atoms with Gasteiger partial charge in [-0.15, -0.1) is 6.58 Å². The fraction of sp³-hybridized carbons (Fsp3) is 0.417. The smallest absolute Gasteiger partial charge is 0.303 e. The Bertz CT molecular complexity index is 376. The van der Waals surface area contributed by atoms with Crippen molar-refractivity contribution in [3.05, 3.63) is 33.9 Å². The average molecular weight is 261 g/mol. The normalized spacial score (nSPS) is 20.0. The molecule has 4 heteroatoms. The van der Waals surface area contributed by atoms with Crippen LogP contribution in [0.3, 0.4) is 0 Å². The number of hydrogen-bond donors (Lipinski definition) is 0. The molecular formula is C12H14Cl2O2. The number of halogens is 2. The lowest BCUT2D eigenvalue weighted by atomic mass is 10.1. The number of carbonyl (C=O) groups excluding carboxylic acids is 1. The van der Waals surface area contributed by atoms with Crippen molar-refractivity contribution < 1.29 is 9.53 Å². The van der Waals surface area contributed by atoms with Gasteiger partial charge in [0.25, 0.3) is 0 Å². The predicted molar refractivity (Wildman–Crippen MR) is 66.4 cm³/mol. The van der Waals surface area contributed by atoms with Gasteiger partial charge in [-0.25, -0.2) is 0 Å². The second-order valence-corrected chi connectivity index (χ2v) is 4.64. The lowest BCUT2D eigenvalue weighted by Crippen LogP contribution is -2.14. The molecule has 0 aromatic heterocycles. The topological polar surface area (TPSA) is 26.3 Å². The summed E-state index contributed by atoms with van der Waals surface area (Å²) in [6, 6.07) is 0. The molecule has 0 N–H and O–H groups in total. The van der Waals surface area contributed by atoms with Gasteiger partial charge in [0.05, 0.1) is 0 Å². The molecule has 0 saturated heterocycles. The Morgan fingerprint density at radius 2 is 2.25 bits per heavy atom. The van der Waals surface area contributed by atoms with Crippen molar-refractivity contribution in [1.82, 2.24) is 0 Å². The molecule has 0 aromatic carbocycles. The first kappa shape index (κ1) is 13.3. The molecule has 0 fully saturated rings. The maximum atomic E-state index is 10.9. The van der Waals surface area contributed by atoms with E-state index in [0.717, 1.165) is 16.7 Å². The molecule has 0 aromatic rings. The van der Waals surface area contributed by atoms with Crippen molar-refractivity contribution in [2.24, 2.45) is 0 Å². The molecule has 0 radical (unpaired) electrons. The van der Waals surface area contributed by atoms with Crippen LogP contribution in [-0.2, 0) is 9.53 Å². The van der Waals surface area contributed by atoms with Crippen LogP contribution in [0.5, 0.6) is 0 Å². The van der Waals surface area contributed by atoms with E-state index in [-0.39, 0.29) is 16.6 Å². The Kier molecular flexibility index (Phi) is 4.63. The summed E-state index contributed by atoms with van der Waals surface area (Å²) in [5.41, 5.74) is 2.89. The Labute approximate surface area is 106 Å². The minimum Gasteiger partial charge on any atom is -0.458 e. The fourth-order valence-corrected chi connectivity index (χ4v) is 2.23. The fourth-order valence-electron chi connectivity index (χ4n) is 1.84. The van der Waals surface area contributed by atoms with Gasteiger partial charge in [-0.2, -0.15) is 0 Å². The van der Waals surface area contributed by atoms with E-state index >= 15 is 0 Å². The molecule has 2 nitrogen and oxygen atoms in total. The largest absolute Gasteiger partial charge is 0.458 e. The van der Waals surface area contributed by atoms with Gasteiger partial charge >= 0.3 is 5.97 Å². The highest BCUT2D eigenvalue weighted by Crippen LogP contribution is 2.39. The van der Waals surface area contributed by atoms with Crippen molar-refractivity contribution in [2.45, 2.75) is 32.8 Å². The first-order chi connectivity index (χ1) is 7.47. The van der Waals surface area contributed by atoms with E-state index in [1.54, 1.807) is 6.08 Å². The van der Waals surface area contributed by atoms with Gasteiger partial charge in [-0.05, 0) is 30.1 Å². The summed E-state index contributed by atoms with van der Waals surface area (Å²) in [4.78, 5) is 10.9. The van der Waals surface area contributed by atoms with E-state index in [4.69, 9.17) is 27.9 Å². The monoisotopic (exact) mass is 260 g/mol. The zero-order chi connectivity index (χ0) is 12.3. The maximum Gasteiger partial charge on any atom is 0.303 e. The molecule has 0 aliphatic heterocycles. The molecule has 0 spiro atoms. The molecule has 1 aliphatic carbocycles. The third kappa shape index (κ3) is 2.89. The number of allylic oxidation sites excluding steroid dienone is 2. The van der Waals surface area contributed by atoms with Crippen molar-refractivity contribution in [3.63, 3.8) is 0 Å². The van der Waals surface area contributed by atoms with E-state index in [2.05, 4.69) is 6.58 Å². The van der Waals surface area contributed by atoms with E-state index in [0.29, 0.717) is 12.8 Å². The van der Waals surface area contributed by atoms with Crippen LogP contribution in [0, 0.1) is 0 Å². The first-order valence-electron chi connectivity index (χ1n) is 4.99. The van der Waals surface area contributed by atoms with Gasteiger partial charge in [-0.3, -0.25) is 4.79 Å². The summed E-state index contributed by atoms with van der Waals surface area (Å²) in [6.45, 7) is 7.01. The molecule has 0 bridgehead atoms. The van der Waals surface area contributed by atoms with E-state index in [1.165, 1.54) is 6.92 Å². The van der Waals surface area contributed by atoms with Crippen molar-refractivity contribution in [2.75, 3.05) is 0 Å². The van der Waals surface area contributed by atoms with Gasteiger partial charge in [0, 0.05) is 13.3 Å². The van der Waals surface area contributed by atoms with Crippen molar-refractivity contribution in [3.8, 4) is 0 Å². The summed E-state index contributed by atoms with van der Waals surface area (Å²) < 4.78 is 5.44. The quantitative estimate of drug-likeness (QED) is 0.568. The van der Waals surface area contributed by atoms with Crippen LogP contribution >= 0.6 is 23.2 Å². The third-order valence-electron chi connectivity index (χ3n) is 2.60. The van der Waals surface area contributed by atoms with Gasteiger partial charge in [0.1, 0.15) is 10.6 Å². The molecule has 0 unspecified atom stereocenters. The SMILES string of the molecule is C=CCC1=C(C)[C@@H](OC(C)=O)CC1=C(Cl)Cl. The Hall–Kier alpha value is -0.730. The highest BCUT2D eigenvalue weighted by atomic mass is 35.5. The highest BCUT2D eigenvalue weighted by Gasteiger charge is 2.29. The Morgan fingerprint density at radius 3 is 2.69 bits per heavy atom. The second-order valence-electron chi connectivity index (χ2n) is 3.70. The first-order valence-corrected chi connectivity index (χ1v) is 5.75. The molecule has 88 valence electrons. The van der Waals surface area contributed by atoms with E-state index in [9.17, 15) is 4.79 Å². The molecule has 0 heterocycles. The summed E-state index contributed by atoms with van der Waals surface area (Å²) in [6.07, 6.45) is 2.78. The average Bonchev–Trinajstić information content (AvgIpc) is 2.46. The van der Waals surface area contributed by atoms with Crippen LogP contribution in [0.1, 0.15) is 26.7 Å². The van der Waals surface area contributed by atoms with Gasteiger partial charge in [0.2, 0.25) is 0 Å². The van der Waals surface area contributed by atoms with Crippen LogP contribution in [0.2, 0.25) is 0 Å². The zero-order valence-corrected chi connectivity index (χ0v) is 10.9. The predicted octanol–water partition coefficient (Wildman–Crippen LogP) is 3.90. The summed E-state index contributed by atoms with van der Waals surface area (Å²) in [5.74, 6) is -0.297. The van der Waals surface area contributed by atoms with E-state index < -0.39 is 0 Å². The molecule has 1 atom stereocenters. The molecule has 16 heavy (non-hydrogen) atoms. The van der Waals surface area contributed by atoms with E-state index in [1.807, 2.05) is 6.92 Å². The number of esters is 1. The number of ether oxygens (including phenoxy) is 1. The molecule has 1 rings (SSSR count). The van der Waals surface area contributed by atoms with Crippen LogP contribution < -0.4 is 0 Å². The van der Waals surface area contributed by atoms with Gasteiger partial charge in [-0.1, -0.05) is 29.3 Å². The highest BCUT2D eigenvalue weighted by molar-refractivity contribution is 6.56. The van der Waals surface area contributed by atoms with Crippen molar-refractivity contribution >= 4 is 29.2 Å². The standard InChI is InChI=1S/C12H14Cl2O2/c1-4-5-9-7(2)11(16-8(3)15)6-10(9)12(13)14/h4,11H,1,5-6H2,2-3H3/t11-/m0/s1. The summed E-state index contributed by atoms with van der Waals surface area (Å²) in [5, 5.41) is 0. The number of carbonyl (C=O) groups is 1. The Balaban J connectivity index is 3.02. The summed E-state index contributed by atoms with van der Waals surface area (Å²) >= 11 is 11.6. The van der Waals surface area contributed by atoms with Crippen LogP contribution in [-0.4, -0.2) is 12.1 Å². The van der Waals surface area contributed by atoms with Crippen LogP contribution in [0.4, 0.5) is 0 Å². The van der Waals surface area contributed by atoms with Crippen molar-refractivity contribution in [1.29, 1.82) is 0 Å². The summed E-state index contributed by atoms with van der Waals surface area (Å²) in [7, 11) is 0. The molecule has 0 saturated carbocycles. The molecule has 1 aliphatic rings. The van der Waals surface area contributed by atoms with Gasteiger partial charge < -0.3 is 4.74 Å². The lowest BCUT2D eigenvalue weighted by Gasteiger charge is -2.11. The zero-order valence-electron chi connectivity index (χ0n) is 9.35. The lowest BCUT2D eigenvalue weighted by molar-refractivity contribution is -0.144.